The monoisotopic (exact) mass is 346 g/mol. The number of rotatable bonds is 4. The SMILES string of the molecule is Cc1ccc(S(=O)(=O)NC[C@@H]2CCCNC2)c(Br)c1. The molecule has 2 N–H and O–H groups in total. The van der Waals surface area contributed by atoms with Crippen LogP contribution < -0.4 is 10.0 Å². The van der Waals surface area contributed by atoms with E-state index < -0.39 is 10.0 Å². The van der Waals surface area contributed by atoms with E-state index in [0.29, 0.717) is 21.8 Å². The largest absolute Gasteiger partial charge is 0.316 e. The summed E-state index contributed by atoms with van der Waals surface area (Å²) in [6.07, 6.45) is 2.19. The molecule has 1 heterocycles. The zero-order chi connectivity index (χ0) is 13.9. The fourth-order valence-corrected chi connectivity index (χ4v) is 4.53. The first kappa shape index (κ1) is 15.0. The molecule has 1 atom stereocenters. The van der Waals surface area contributed by atoms with E-state index in [-0.39, 0.29) is 0 Å². The van der Waals surface area contributed by atoms with Gasteiger partial charge in [-0.05, 0) is 72.4 Å². The van der Waals surface area contributed by atoms with Gasteiger partial charge in [-0.1, -0.05) is 6.07 Å². The van der Waals surface area contributed by atoms with E-state index in [2.05, 4.69) is 26.0 Å². The highest BCUT2D eigenvalue weighted by Crippen LogP contribution is 2.23. The second kappa shape index (κ2) is 6.35. The number of piperidine rings is 1. The molecule has 0 bridgehead atoms. The first-order valence-electron chi connectivity index (χ1n) is 6.45. The van der Waals surface area contributed by atoms with Crippen LogP contribution in [0.4, 0.5) is 0 Å². The summed E-state index contributed by atoms with van der Waals surface area (Å²) in [4.78, 5) is 0.307. The van der Waals surface area contributed by atoms with E-state index in [1.165, 1.54) is 0 Å². The third-order valence-electron chi connectivity index (χ3n) is 3.34. The number of halogens is 1. The average Bonchev–Trinajstić information content (AvgIpc) is 2.37. The van der Waals surface area contributed by atoms with Crippen molar-refractivity contribution in [1.29, 1.82) is 0 Å². The average molecular weight is 347 g/mol. The molecule has 6 heteroatoms. The molecule has 0 radical (unpaired) electrons. The van der Waals surface area contributed by atoms with E-state index in [1.54, 1.807) is 6.07 Å². The van der Waals surface area contributed by atoms with Gasteiger partial charge < -0.3 is 5.32 Å². The number of aryl methyl sites for hydroxylation is 1. The quantitative estimate of drug-likeness (QED) is 0.876. The van der Waals surface area contributed by atoms with Gasteiger partial charge in [-0.2, -0.15) is 0 Å². The third-order valence-corrected chi connectivity index (χ3v) is 5.74. The van der Waals surface area contributed by atoms with Crippen LogP contribution in [0.25, 0.3) is 0 Å². The van der Waals surface area contributed by atoms with Crippen molar-refractivity contribution in [3.05, 3.63) is 28.2 Å². The van der Waals surface area contributed by atoms with Gasteiger partial charge in [-0.25, -0.2) is 13.1 Å². The minimum absolute atomic E-state index is 0.307. The fraction of sp³-hybridized carbons (Fsp3) is 0.538. The van der Waals surface area contributed by atoms with E-state index in [4.69, 9.17) is 0 Å². The number of hydrogen-bond acceptors (Lipinski definition) is 3. The van der Waals surface area contributed by atoms with Gasteiger partial charge in [-0.3, -0.25) is 0 Å². The second-order valence-corrected chi connectivity index (χ2v) is 7.59. The molecule has 19 heavy (non-hydrogen) atoms. The van der Waals surface area contributed by atoms with Crippen LogP contribution in [0.15, 0.2) is 27.6 Å². The van der Waals surface area contributed by atoms with Gasteiger partial charge in [0.25, 0.3) is 0 Å². The van der Waals surface area contributed by atoms with Crippen molar-refractivity contribution in [2.45, 2.75) is 24.7 Å². The van der Waals surface area contributed by atoms with Crippen LogP contribution in [0.5, 0.6) is 0 Å². The maximum absolute atomic E-state index is 12.2. The standard InChI is InChI=1S/C13H19BrN2O2S/c1-10-4-5-13(12(14)7-10)19(17,18)16-9-11-3-2-6-15-8-11/h4-5,7,11,15-16H,2-3,6,8-9H2,1H3/t11-/m1/s1. The highest BCUT2D eigenvalue weighted by molar-refractivity contribution is 9.10. The normalized spacial score (nSPS) is 20.4. The van der Waals surface area contributed by atoms with Gasteiger partial charge in [0.2, 0.25) is 10.0 Å². The minimum Gasteiger partial charge on any atom is -0.316 e. The predicted octanol–water partition coefficient (Wildman–Crippen LogP) is 2.04. The number of sulfonamides is 1. The van der Waals surface area contributed by atoms with Crippen molar-refractivity contribution in [1.82, 2.24) is 10.0 Å². The van der Waals surface area contributed by atoms with Gasteiger partial charge >= 0.3 is 0 Å². The summed E-state index contributed by atoms with van der Waals surface area (Å²) in [5, 5.41) is 3.29. The smallest absolute Gasteiger partial charge is 0.241 e. The fourth-order valence-electron chi connectivity index (χ4n) is 2.23. The van der Waals surface area contributed by atoms with Crippen molar-refractivity contribution >= 4 is 26.0 Å². The summed E-state index contributed by atoms with van der Waals surface area (Å²) in [5.74, 6) is 0.382. The first-order valence-corrected chi connectivity index (χ1v) is 8.73. The summed E-state index contributed by atoms with van der Waals surface area (Å²) >= 11 is 3.32. The van der Waals surface area contributed by atoms with Crippen molar-refractivity contribution in [3.8, 4) is 0 Å². The second-order valence-electron chi connectivity index (χ2n) is 5.00. The van der Waals surface area contributed by atoms with E-state index in [1.807, 2.05) is 19.1 Å². The molecular formula is C13H19BrN2O2S. The maximum atomic E-state index is 12.2. The Morgan fingerprint density at radius 2 is 2.26 bits per heavy atom. The lowest BCUT2D eigenvalue weighted by atomic mass is 10.0. The zero-order valence-electron chi connectivity index (χ0n) is 10.9. The van der Waals surface area contributed by atoms with E-state index >= 15 is 0 Å². The van der Waals surface area contributed by atoms with Crippen molar-refractivity contribution < 1.29 is 8.42 Å². The molecule has 2 rings (SSSR count). The Morgan fingerprint density at radius 3 is 2.89 bits per heavy atom. The highest BCUT2D eigenvalue weighted by atomic mass is 79.9. The molecule has 0 aromatic heterocycles. The molecule has 106 valence electrons. The van der Waals surface area contributed by atoms with Crippen LogP contribution in [0, 0.1) is 12.8 Å². The lowest BCUT2D eigenvalue weighted by molar-refractivity contribution is 0.376. The summed E-state index contributed by atoms with van der Waals surface area (Å²) in [7, 11) is -3.43. The van der Waals surface area contributed by atoms with Crippen molar-refractivity contribution in [2.75, 3.05) is 19.6 Å². The van der Waals surface area contributed by atoms with Crippen LogP contribution >= 0.6 is 15.9 Å². The van der Waals surface area contributed by atoms with Gasteiger partial charge in [-0.15, -0.1) is 0 Å². The maximum Gasteiger partial charge on any atom is 0.241 e. The highest BCUT2D eigenvalue weighted by Gasteiger charge is 2.20. The van der Waals surface area contributed by atoms with Gasteiger partial charge in [0, 0.05) is 11.0 Å². The van der Waals surface area contributed by atoms with Crippen LogP contribution in [0.3, 0.4) is 0 Å². The Labute approximate surface area is 123 Å². The molecule has 0 unspecified atom stereocenters. The number of nitrogens with one attached hydrogen (secondary N) is 2. The molecular weight excluding hydrogens is 328 g/mol. The Balaban J connectivity index is 2.05. The lowest BCUT2D eigenvalue weighted by Gasteiger charge is -2.23. The van der Waals surface area contributed by atoms with E-state index in [0.717, 1.165) is 31.5 Å². The zero-order valence-corrected chi connectivity index (χ0v) is 13.4. The van der Waals surface area contributed by atoms with Crippen LogP contribution in [0.2, 0.25) is 0 Å². The van der Waals surface area contributed by atoms with Crippen LogP contribution in [-0.4, -0.2) is 28.1 Å². The molecule has 1 aliphatic rings. The lowest BCUT2D eigenvalue weighted by Crippen LogP contribution is -2.38. The van der Waals surface area contributed by atoms with Gasteiger partial charge in [0.05, 0.1) is 4.90 Å². The molecule has 0 spiro atoms. The molecule has 1 aromatic carbocycles. The van der Waals surface area contributed by atoms with Crippen molar-refractivity contribution in [2.24, 2.45) is 5.92 Å². The summed E-state index contributed by atoms with van der Waals surface area (Å²) in [6, 6.07) is 5.26. The Bertz CT molecular complexity index is 540. The number of hydrogen-bond donors (Lipinski definition) is 2. The Morgan fingerprint density at radius 1 is 1.47 bits per heavy atom. The van der Waals surface area contributed by atoms with Crippen LogP contribution in [0.1, 0.15) is 18.4 Å². The molecule has 4 nitrogen and oxygen atoms in total. The van der Waals surface area contributed by atoms with Crippen molar-refractivity contribution in [3.63, 3.8) is 0 Å². The minimum atomic E-state index is -3.43. The Kier molecular flexibility index (Phi) is 5.00. The summed E-state index contributed by atoms with van der Waals surface area (Å²) in [5.41, 5.74) is 1.03. The molecule has 1 aliphatic heterocycles. The molecule has 0 saturated carbocycles. The molecule has 1 fully saturated rings. The Hall–Kier alpha value is -0.430. The first-order chi connectivity index (χ1) is 8.99. The third kappa shape index (κ3) is 4.02. The van der Waals surface area contributed by atoms with E-state index in [9.17, 15) is 8.42 Å². The predicted molar refractivity (Wildman–Crippen MR) is 79.7 cm³/mol. The number of benzene rings is 1. The summed E-state index contributed by atoms with van der Waals surface area (Å²) < 4.78 is 27.8. The summed E-state index contributed by atoms with van der Waals surface area (Å²) in [6.45, 7) is 4.35. The molecule has 0 amide bonds. The van der Waals surface area contributed by atoms with Crippen LogP contribution in [-0.2, 0) is 10.0 Å². The van der Waals surface area contributed by atoms with Gasteiger partial charge in [0.15, 0.2) is 0 Å². The van der Waals surface area contributed by atoms with Gasteiger partial charge in [0.1, 0.15) is 0 Å². The topological polar surface area (TPSA) is 58.2 Å². The molecule has 0 aliphatic carbocycles. The molecule has 1 aromatic rings. The molecule has 1 saturated heterocycles.